The van der Waals surface area contributed by atoms with E-state index in [2.05, 4.69) is 9.73 Å². The average Bonchev–Trinajstić information content (AvgIpc) is 2.48. The van der Waals surface area contributed by atoms with Crippen LogP contribution in [0.1, 0.15) is 17.3 Å². The van der Waals surface area contributed by atoms with Crippen LogP contribution in [0.2, 0.25) is 0 Å². The number of rotatable bonds is 6. The molecule has 7 heteroatoms. The first-order valence-corrected chi connectivity index (χ1v) is 5.86. The molecule has 1 aromatic carbocycles. The molecule has 1 aromatic rings. The molecule has 1 N–H and O–H groups in total. The van der Waals surface area contributed by atoms with Gasteiger partial charge in [0.25, 0.3) is 5.78 Å². The van der Waals surface area contributed by atoms with Gasteiger partial charge in [-0.15, -0.1) is 0 Å². The monoisotopic (exact) mass is 287 g/mol. The first kappa shape index (κ1) is 16.0. The Morgan fingerprint density at radius 3 is 2.62 bits per heavy atom. The fourth-order valence-electron chi connectivity index (χ4n) is 1.35. The summed E-state index contributed by atoms with van der Waals surface area (Å²) >= 11 is 0. The molecule has 108 valence electrons. The van der Waals surface area contributed by atoms with E-state index >= 15 is 0 Å². The molecular formula is C14H11N2O5-. The van der Waals surface area contributed by atoms with Crippen LogP contribution >= 0.6 is 0 Å². The number of aromatic carboxylic acids is 1. The van der Waals surface area contributed by atoms with Crippen LogP contribution in [-0.4, -0.2) is 41.5 Å². The zero-order valence-electron chi connectivity index (χ0n) is 11.1. The zero-order chi connectivity index (χ0) is 15.8. The maximum Gasteiger partial charge on any atom is 0.380 e. The number of carboxylic acid groups (broad SMARTS) is 1. The lowest BCUT2D eigenvalue weighted by Gasteiger charge is -2.02. The van der Waals surface area contributed by atoms with E-state index in [-0.39, 0.29) is 17.9 Å². The highest BCUT2D eigenvalue weighted by molar-refractivity contribution is 6.48. The highest BCUT2D eigenvalue weighted by atomic mass is 16.5. The minimum atomic E-state index is -1.20. The largest absolute Gasteiger partial charge is 0.763 e. The van der Waals surface area contributed by atoms with Crippen molar-refractivity contribution < 1.29 is 24.2 Å². The van der Waals surface area contributed by atoms with Gasteiger partial charge in [0, 0.05) is 6.21 Å². The molecule has 0 aliphatic heterocycles. The summed E-state index contributed by atoms with van der Waals surface area (Å²) in [7, 11) is 0. The van der Waals surface area contributed by atoms with Crippen LogP contribution in [0.4, 0.5) is 5.69 Å². The number of ketones is 1. The number of hydrogen-bond donors (Lipinski definition) is 1. The smallest absolute Gasteiger partial charge is 0.380 e. The van der Waals surface area contributed by atoms with Crippen molar-refractivity contribution >= 4 is 35.5 Å². The average molecular weight is 287 g/mol. The molecule has 7 nitrogen and oxygen atoms in total. The molecule has 0 fully saturated rings. The predicted molar refractivity (Wildman–Crippen MR) is 75.1 cm³/mol. The van der Waals surface area contributed by atoms with E-state index in [1.54, 1.807) is 6.07 Å². The number of ether oxygens (including phenoxy) is 1. The Bertz CT molecular complexity index is 657. The fraction of sp³-hybridized carbons (Fsp3) is 0.143. The molecule has 0 aromatic heterocycles. The van der Waals surface area contributed by atoms with Crippen molar-refractivity contribution in [2.75, 3.05) is 6.61 Å². The molecule has 0 aliphatic carbocycles. The Morgan fingerprint density at radius 1 is 1.38 bits per heavy atom. The molecule has 0 saturated carbocycles. The molecule has 0 bridgehead atoms. The number of aliphatic imine (C=N–C) groups is 1. The van der Waals surface area contributed by atoms with E-state index in [4.69, 9.17) is 10.5 Å². The molecule has 0 saturated heterocycles. The second-order valence-corrected chi connectivity index (χ2v) is 3.66. The summed E-state index contributed by atoms with van der Waals surface area (Å²) in [6.45, 7) is 1.52. The maximum atomic E-state index is 11.6. The SMILES string of the molecule is CCOC(=O)C(=O)C(=C=[N-])C=Nc1ccccc1C(=O)O. The van der Waals surface area contributed by atoms with Gasteiger partial charge in [-0.2, -0.15) is 0 Å². The standard InChI is InChI=1S/C14H11N2O5/c1-2-21-14(20)12(17)9(7-15)8-16-11-6-4-3-5-10(11)13(18)19/h3-6,8H,2H2,1H3,(H,18,19)/q-1. The molecule has 0 amide bonds. The number of Topliss-reactive ketones (excluding diaryl/α,β-unsaturated/α-hetero) is 1. The predicted octanol–water partition coefficient (Wildman–Crippen LogP) is 1.38. The Hall–Kier alpha value is -3.05. The van der Waals surface area contributed by atoms with Crippen molar-refractivity contribution in [1.82, 2.24) is 0 Å². The second kappa shape index (κ2) is 7.52. The Kier molecular flexibility index (Phi) is 5.73. The van der Waals surface area contributed by atoms with E-state index in [9.17, 15) is 14.4 Å². The molecule has 0 heterocycles. The van der Waals surface area contributed by atoms with Gasteiger partial charge >= 0.3 is 11.9 Å². The minimum absolute atomic E-state index is 0.00225. The van der Waals surface area contributed by atoms with Crippen LogP contribution in [0.25, 0.3) is 5.41 Å². The summed E-state index contributed by atoms with van der Waals surface area (Å²) in [5, 5.41) is 17.8. The van der Waals surface area contributed by atoms with Crippen LogP contribution in [0, 0.1) is 0 Å². The van der Waals surface area contributed by atoms with Gasteiger partial charge in [0.2, 0.25) is 0 Å². The van der Waals surface area contributed by atoms with Gasteiger partial charge < -0.3 is 15.3 Å². The van der Waals surface area contributed by atoms with E-state index in [1.165, 1.54) is 31.0 Å². The van der Waals surface area contributed by atoms with E-state index in [1.807, 2.05) is 0 Å². The lowest BCUT2D eigenvalue weighted by atomic mass is 10.1. The summed E-state index contributed by atoms with van der Waals surface area (Å²) < 4.78 is 4.48. The number of hydrogen-bond acceptors (Lipinski definition) is 5. The molecule has 0 aliphatic rings. The van der Waals surface area contributed by atoms with E-state index in [0.29, 0.717) is 0 Å². The Morgan fingerprint density at radius 2 is 2.05 bits per heavy atom. The molecular weight excluding hydrogens is 276 g/mol. The van der Waals surface area contributed by atoms with Gasteiger partial charge in [-0.25, -0.2) is 9.59 Å². The fourth-order valence-corrected chi connectivity index (χ4v) is 1.35. The summed E-state index contributed by atoms with van der Waals surface area (Å²) in [5.74, 6) is -1.96. The van der Waals surface area contributed by atoms with Crippen molar-refractivity contribution in [3.8, 4) is 0 Å². The van der Waals surface area contributed by atoms with Crippen molar-refractivity contribution in [3.63, 3.8) is 0 Å². The van der Waals surface area contributed by atoms with Crippen LogP contribution in [0.5, 0.6) is 0 Å². The van der Waals surface area contributed by atoms with Crippen LogP contribution in [0.3, 0.4) is 0 Å². The summed E-state index contributed by atoms with van der Waals surface area (Å²) in [4.78, 5) is 37.5. The highest BCUT2D eigenvalue weighted by Crippen LogP contribution is 2.18. The van der Waals surface area contributed by atoms with Crippen molar-refractivity contribution in [2.24, 2.45) is 4.99 Å². The third-order valence-electron chi connectivity index (χ3n) is 2.29. The number of nitrogens with zero attached hydrogens (tertiary/aromatic N) is 2. The van der Waals surface area contributed by atoms with Gasteiger partial charge in [0.05, 0.1) is 23.4 Å². The van der Waals surface area contributed by atoms with Crippen LogP contribution in [-0.2, 0) is 14.3 Å². The number of carboxylic acids is 1. The lowest BCUT2D eigenvalue weighted by Crippen LogP contribution is -2.20. The minimum Gasteiger partial charge on any atom is -0.763 e. The van der Waals surface area contributed by atoms with Crippen LogP contribution < -0.4 is 0 Å². The van der Waals surface area contributed by atoms with E-state index < -0.39 is 23.3 Å². The lowest BCUT2D eigenvalue weighted by molar-refractivity contribution is -0.151. The molecule has 0 radical (unpaired) electrons. The number of para-hydroxylation sites is 1. The zero-order valence-corrected chi connectivity index (χ0v) is 11.1. The summed E-state index contributed by atoms with van der Waals surface area (Å²) in [6.07, 6.45) is 0.848. The number of esters is 1. The Labute approximate surface area is 120 Å². The summed E-state index contributed by atoms with van der Waals surface area (Å²) in [6, 6.07) is 5.80. The summed E-state index contributed by atoms with van der Waals surface area (Å²) in [5.41, 5.74) is -0.558. The molecule has 1 rings (SSSR count). The van der Waals surface area contributed by atoms with Gasteiger partial charge in [-0.3, -0.25) is 15.7 Å². The molecule has 0 spiro atoms. The molecule has 0 unspecified atom stereocenters. The maximum absolute atomic E-state index is 11.6. The van der Waals surface area contributed by atoms with E-state index in [0.717, 1.165) is 6.21 Å². The van der Waals surface area contributed by atoms with Crippen LogP contribution in [0.15, 0.2) is 34.8 Å². The second-order valence-electron chi connectivity index (χ2n) is 3.66. The quantitative estimate of drug-likeness (QED) is 0.367. The highest BCUT2D eigenvalue weighted by Gasteiger charge is 2.18. The third kappa shape index (κ3) is 4.22. The van der Waals surface area contributed by atoms with Crippen molar-refractivity contribution in [3.05, 3.63) is 40.8 Å². The van der Waals surface area contributed by atoms with Gasteiger partial charge in [-0.1, -0.05) is 12.1 Å². The molecule has 0 atom stereocenters. The first-order chi connectivity index (χ1) is 10.0. The third-order valence-corrected chi connectivity index (χ3v) is 2.29. The number of carbonyl (C=O) groups excluding carboxylic acids is 2. The van der Waals surface area contributed by atoms with Gasteiger partial charge in [0.1, 0.15) is 0 Å². The van der Waals surface area contributed by atoms with Crippen molar-refractivity contribution in [2.45, 2.75) is 6.92 Å². The number of benzene rings is 1. The van der Waals surface area contributed by atoms with Gasteiger partial charge in [0.15, 0.2) is 0 Å². The van der Waals surface area contributed by atoms with Crippen molar-refractivity contribution in [1.29, 1.82) is 0 Å². The Balaban J connectivity index is 3.03. The molecule has 21 heavy (non-hydrogen) atoms. The topological polar surface area (TPSA) is 115 Å². The number of carbonyl (C=O) groups is 3. The normalized spacial score (nSPS) is 9.95. The first-order valence-electron chi connectivity index (χ1n) is 5.86. The van der Waals surface area contributed by atoms with Gasteiger partial charge in [-0.05, 0) is 19.1 Å².